The highest BCUT2D eigenvalue weighted by molar-refractivity contribution is 6.37. The number of nitrogens with one attached hydrogen (secondary N) is 2. The number of aryl methyl sites for hydroxylation is 1. The Labute approximate surface area is 123 Å². The molecule has 3 nitrogen and oxygen atoms in total. The minimum absolute atomic E-state index is 0.492. The van der Waals surface area contributed by atoms with Crippen molar-refractivity contribution in [3.63, 3.8) is 0 Å². The molecule has 0 amide bonds. The van der Waals surface area contributed by atoms with E-state index in [1.807, 2.05) is 12.1 Å². The van der Waals surface area contributed by atoms with Crippen molar-refractivity contribution in [2.75, 3.05) is 17.7 Å². The van der Waals surface area contributed by atoms with Crippen LogP contribution in [0.5, 0.6) is 0 Å². The maximum Gasteiger partial charge on any atom is 0.151 e. The molecule has 0 spiro atoms. The molecule has 2 N–H and O–H groups in total. The van der Waals surface area contributed by atoms with Gasteiger partial charge in [-0.1, -0.05) is 42.3 Å². The standard InChI is InChI=1S/C14H15Cl2N3/c1-3-9-5-4-6-10(7-9)18-14-12(16)8-11(15)13(17-2)19-14/h4-8H,3H2,1-2H3,(H2,17,18,19). The van der Waals surface area contributed by atoms with Crippen LogP contribution in [-0.2, 0) is 6.42 Å². The number of hydrogen-bond acceptors (Lipinski definition) is 3. The van der Waals surface area contributed by atoms with Gasteiger partial charge in [-0.25, -0.2) is 4.98 Å². The second-order valence-electron chi connectivity index (χ2n) is 4.08. The molecule has 100 valence electrons. The van der Waals surface area contributed by atoms with Crippen molar-refractivity contribution >= 4 is 40.5 Å². The summed E-state index contributed by atoms with van der Waals surface area (Å²) in [6, 6.07) is 9.81. The number of benzene rings is 1. The van der Waals surface area contributed by atoms with Crippen molar-refractivity contribution < 1.29 is 0 Å². The first-order valence-corrected chi connectivity index (χ1v) is 6.79. The van der Waals surface area contributed by atoms with Crippen LogP contribution in [0, 0.1) is 0 Å². The Hall–Kier alpha value is -1.45. The zero-order chi connectivity index (χ0) is 13.8. The second kappa shape index (κ2) is 6.13. The topological polar surface area (TPSA) is 37.0 Å². The number of hydrogen-bond donors (Lipinski definition) is 2. The van der Waals surface area contributed by atoms with E-state index < -0.39 is 0 Å². The first kappa shape index (κ1) is 14.0. The Morgan fingerprint density at radius 1 is 1.11 bits per heavy atom. The first-order chi connectivity index (χ1) is 9.13. The van der Waals surface area contributed by atoms with E-state index in [0.717, 1.165) is 12.1 Å². The van der Waals surface area contributed by atoms with Crippen molar-refractivity contribution in [3.8, 4) is 0 Å². The highest BCUT2D eigenvalue weighted by Crippen LogP contribution is 2.30. The first-order valence-electron chi connectivity index (χ1n) is 6.03. The molecule has 1 aromatic heterocycles. The van der Waals surface area contributed by atoms with Crippen LogP contribution in [0.2, 0.25) is 10.0 Å². The van der Waals surface area contributed by atoms with Crippen molar-refractivity contribution in [2.24, 2.45) is 0 Å². The van der Waals surface area contributed by atoms with Gasteiger partial charge in [0.2, 0.25) is 0 Å². The molecule has 0 saturated heterocycles. The van der Waals surface area contributed by atoms with Crippen LogP contribution in [0.1, 0.15) is 12.5 Å². The van der Waals surface area contributed by atoms with Gasteiger partial charge in [-0.15, -0.1) is 0 Å². The second-order valence-corrected chi connectivity index (χ2v) is 4.89. The molecule has 0 aliphatic carbocycles. The lowest BCUT2D eigenvalue weighted by atomic mass is 10.1. The summed E-state index contributed by atoms with van der Waals surface area (Å²) >= 11 is 12.2. The van der Waals surface area contributed by atoms with Crippen LogP contribution >= 0.6 is 23.2 Å². The summed E-state index contributed by atoms with van der Waals surface area (Å²) in [5, 5.41) is 7.13. The third-order valence-corrected chi connectivity index (χ3v) is 3.34. The minimum atomic E-state index is 0.492. The van der Waals surface area contributed by atoms with Gasteiger partial charge in [-0.05, 0) is 30.2 Å². The molecule has 2 rings (SSSR count). The summed E-state index contributed by atoms with van der Waals surface area (Å²) in [6.07, 6.45) is 0.985. The van der Waals surface area contributed by atoms with Crippen LogP contribution in [0.15, 0.2) is 30.3 Å². The molecule has 1 aromatic carbocycles. The van der Waals surface area contributed by atoms with Crippen molar-refractivity contribution in [2.45, 2.75) is 13.3 Å². The summed E-state index contributed by atoms with van der Waals surface area (Å²) in [4.78, 5) is 4.35. The van der Waals surface area contributed by atoms with Gasteiger partial charge in [-0.2, -0.15) is 0 Å². The SMILES string of the molecule is CCc1cccc(Nc2nc(NC)c(Cl)cc2Cl)c1. The number of pyridine rings is 1. The fourth-order valence-electron chi connectivity index (χ4n) is 1.74. The normalized spacial score (nSPS) is 10.3. The van der Waals surface area contributed by atoms with Gasteiger partial charge in [0.25, 0.3) is 0 Å². The van der Waals surface area contributed by atoms with Crippen LogP contribution < -0.4 is 10.6 Å². The number of nitrogens with zero attached hydrogens (tertiary/aromatic N) is 1. The molecule has 19 heavy (non-hydrogen) atoms. The molecular formula is C14H15Cl2N3. The summed E-state index contributed by atoms with van der Waals surface area (Å²) in [6.45, 7) is 2.12. The van der Waals surface area contributed by atoms with Gasteiger partial charge in [-0.3, -0.25) is 0 Å². The van der Waals surface area contributed by atoms with Gasteiger partial charge in [0.1, 0.15) is 5.82 Å². The quantitative estimate of drug-likeness (QED) is 0.856. The van der Waals surface area contributed by atoms with E-state index in [-0.39, 0.29) is 0 Å². The summed E-state index contributed by atoms with van der Waals surface area (Å²) < 4.78 is 0. The number of rotatable bonds is 4. The van der Waals surface area contributed by atoms with E-state index in [2.05, 4.69) is 34.7 Å². The van der Waals surface area contributed by atoms with E-state index in [1.54, 1.807) is 13.1 Å². The largest absolute Gasteiger partial charge is 0.372 e. The van der Waals surface area contributed by atoms with Crippen molar-refractivity contribution in [3.05, 3.63) is 45.9 Å². The Balaban J connectivity index is 2.32. The molecule has 0 atom stereocenters. The van der Waals surface area contributed by atoms with E-state index in [4.69, 9.17) is 23.2 Å². The lowest BCUT2D eigenvalue weighted by Crippen LogP contribution is -2.00. The van der Waals surface area contributed by atoms with Crippen LogP contribution in [0.25, 0.3) is 0 Å². The number of halogens is 2. The Morgan fingerprint density at radius 2 is 1.84 bits per heavy atom. The fourth-order valence-corrected chi connectivity index (χ4v) is 2.24. The molecule has 0 aliphatic heterocycles. The number of anilines is 3. The third-order valence-electron chi connectivity index (χ3n) is 2.76. The Bertz CT molecular complexity index is 585. The van der Waals surface area contributed by atoms with Crippen molar-refractivity contribution in [1.82, 2.24) is 4.98 Å². The van der Waals surface area contributed by atoms with Gasteiger partial charge in [0, 0.05) is 12.7 Å². The maximum absolute atomic E-state index is 6.14. The zero-order valence-electron chi connectivity index (χ0n) is 10.8. The molecule has 0 fully saturated rings. The molecule has 0 unspecified atom stereocenters. The summed E-state index contributed by atoms with van der Waals surface area (Å²) in [7, 11) is 1.77. The molecule has 1 heterocycles. The third kappa shape index (κ3) is 3.31. The van der Waals surface area contributed by atoms with Gasteiger partial charge >= 0.3 is 0 Å². The van der Waals surface area contributed by atoms with Gasteiger partial charge < -0.3 is 10.6 Å². The van der Waals surface area contributed by atoms with Crippen LogP contribution in [-0.4, -0.2) is 12.0 Å². The molecule has 0 bridgehead atoms. The van der Waals surface area contributed by atoms with Crippen LogP contribution in [0.3, 0.4) is 0 Å². The predicted molar refractivity (Wildman–Crippen MR) is 82.9 cm³/mol. The highest BCUT2D eigenvalue weighted by Gasteiger charge is 2.08. The molecular weight excluding hydrogens is 281 g/mol. The predicted octanol–water partition coefficient (Wildman–Crippen LogP) is 4.74. The lowest BCUT2D eigenvalue weighted by Gasteiger charge is -2.11. The minimum Gasteiger partial charge on any atom is -0.372 e. The van der Waals surface area contributed by atoms with Crippen LogP contribution in [0.4, 0.5) is 17.3 Å². The average Bonchev–Trinajstić information content (AvgIpc) is 2.42. The van der Waals surface area contributed by atoms with E-state index in [9.17, 15) is 0 Å². The van der Waals surface area contributed by atoms with Gasteiger partial charge in [0.15, 0.2) is 5.82 Å². The van der Waals surface area contributed by atoms with E-state index in [1.165, 1.54) is 5.56 Å². The van der Waals surface area contributed by atoms with Crippen molar-refractivity contribution in [1.29, 1.82) is 0 Å². The zero-order valence-corrected chi connectivity index (χ0v) is 12.3. The summed E-state index contributed by atoms with van der Waals surface area (Å²) in [5.41, 5.74) is 2.21. The molecule has 0 radical (unpaired) electrons. The Morgan fingerprint density at radius 3 is 2.53 bits per heavy atom. The molecule has 2 aromatic rings. The number of aromatic nitrogens is 1. The highest BCUT2D eigenvalue weighted by atomic mass is 35.5. The molecule has 0 saturated carbocycles. The van der Waals surface area contributed by atoms with Gasteiger partial charge in [0.05, 0.1) is 10.0 Å². The summed E-state index contributed by atoms with van der Waals surface area (Å²) in [5.74, 6) is 1.18. The van der Waals surface area contributed by atoms with E-state index in [0.29, 0.717) is 21.7 Å². The van der Waals surface area contributed by atoms with E-state index >= 15 is 0 Å². The molecule has 5 heteroatoms. The average molecular weight is 296 g/mol. The Kier molecular flexibility index (Phi) is 4.51. The smallest absolute Gasteiger partial charge is 0.151 e. The fraction of sp³-hybridized carbons (Fsp3) is 0.214. The molecule has 0 aliphatic rings. The lowest BCUT2D eigenvalue weighted by molar-refractivity contribution is 1.14. The maximum atomic E-state index is 6.14. The monoisotopic (exact) mass is 295 g/mol.